The quantitative estimate of drug-likeness (QED) is 0.808. The van der Waals surface area contributed by atoms with Crippen molar-refractivity contribution in [3.63, 3.8) is 0 Å². The molecule has 2 atom stereocenters. The van der Waals surface area contributed by atoms with Crippen LogP contribution in [-0.2, 0) is 10.0 Å². The van der Waals surface area contributed by atoms with Gasteiger partial charge in [-0.25, -0.2) is 8.42 Å². The highest BCUT2D eigenvalue weighted by molar-refractivity contribution is 7.89. The molecular formula is C11H24N2O2S. The van der Waals surface area contributed by atoms with Crippen molar-refractivity contribution in [1.82, 2.24) is 4.31 Å². The van der Waals surface area contributed by atoms with Gasteiger partial charge in [0.05, 0.1) is 5.75 Å². The average molecular weight is 248 g/mol. The predicted molar refractivity (Wildman–Crippen MR) is 66.6 cm³/mol. The van der Waals surface area contributed by atoms with Crippen molar-refractivity contribution >= 4 is 10.0 Å². The molecule has 0 spiro atoms. The van der Waals surface area contributed by atoms with Gasteiger partial charge in [-0.1, -0.05) is 20.8 Å². The van der Waals surface area contributed by atoms with Gasteiger partial charge in [0, 0.05) is 19.1 Å². The summed E-state index contributed by atoms with van der Waals surface area (Å²) in [5.74, 6) is 0.775. The third kappa shape index (κ3) is 3.18. The predicted octanol–water partition coefficient (Wildman–Crippen LogP) is 1.03. The molecule has 0 bridgehead atoms. The van der Waals surface area contributed by atoms with E-state index in [-0.39, 0.29) is 17.7 Å². The largest absolute Gasteiger partial charge is 0.329 e. The second-order valence-corrected chi connectivity index (χ2v) is 7.17. The molecular weight excluding hydrogens is 224 g/mol. The molecule has 0 amide bonds. The van der Waals surface area contributed by atoms with Crippen LogP contribution in [-0.4, -0.2) is 37.6 Å². The fraction of sp³-hybridized carbons (Fsp3) is 1.00. The Balaban J connectivity index is 2.84. The molecule has 1 heterocycles. The summed E-state index contributed by atoms with van der Waals surface area (Å²) >= 11 is 0. The lowest BCUT2D eigenvalue weighted by Gasteiger charge is -2.38. The highest BCUT2D eigenvalue weighted by Gasteiger charge is 2.35. The van der Waals surface area contributed by atoms with E-state index in [1.807, 2.05) is 13.8 Å². The summed E-state index contributed by atoms with van der Waals surface area (Å²) in [6.45, 7) is 7.03. The summed E-state index contributed by atoms with van der Waals surface area (Å²) in [6.07, 6.45) is 2.03. The van der Waals surface area contributed by atoms with Crippen molar-refractivity contribution in [2.75, 3.05) is 18.8 Å². The molecule has 5 heteroatoms. The van der Waals surface area contributed by atoms with Gasteiger partial charge in [-0.15, -0.1) is 0 Å². The molecule has 0 aromatic carbocycles. The Morgan fingerprint density at radius 2 is 2.06 bits per heavy atom. The smallest absolute Gasteiger partial charge is 0.214 e. The van der Waals surface area contributed by atoms with Gasteiger partial charge in [0.2, 0.25) is 10.0 Å². The number of sulfonamides is 1. The van der Waals surface area contributed by atoms with Crippen LogP contribution in [0.2, 0.25) is 0 Å². The topological polar surface area (TPSA) is 63.4 Å². The zero-order valence-corrected chi connectivity index (χ0v) is 11.3. The van der Waals surface area contributed by atoms with Crippen LogP contribution in [0.25, 0.3) is 0 Å². The van der Waals surface area contributed by atoms with Crippen LogP contribution in [0.1, 0.15) is 33.6 Å². The van der Waals surface area contributed by atoms with Crippen LogP contribution in [0, 0.1) is 11.8 Å². The fourth-order valence-electron chi connectivity index (χ4n) is 2.42. The Morgan fingerprint density at radius 1 is 1.44 bits per heavy atom. The summed E-state index contributed by atoms with van der Waals surface area (Å²) in [5.41, 5.74) is 5.71. The van der Waals surface area contributed by atoms with E-state index < -0.39 is 10.0 Å². The molecule has 0 aromatic heterocycles. The maximum absolute atomic E-state index is 12.2. The maximum atomic E-state index is 12.2. The van der Waals surface area contributed by atoms with E-state index in [0.717, 1.165) is 12.8 Å². The Hall–Kier alpha value is -0.130. The molecule has 0 aromatic rings. The molecule has 1 aliphatic heterocycles. The van der Waals surface area contributed by atoms with Gasteiger partial charge in [-0.05, 0) is 24.7 Å². The lowest BCUT2D eigenvalue weighted by Crippen LogP contribution is -2.52. The van der Waals surface area contributed by atoms with E-state index in [2.05, 4.69) is 6.92 Å². The van der Waals surface area contributed by atoms with Crippen molar-refractivity contribution in [1.29, 1.82) is 0 Å². The molecule has 0 saturated carbocycles. The zero-order chi connectivity index (χ0) is 12.3. The van der Waals surface area contributed by atoms with E-state index in [1.54, 1.807) is 4.31 Å². The van der Waals surface area contributed by atoms with Crippen molar-refractivity contribution in [3.8, 4) is 0 Å². The van der Waals surface area contributed by atoms with Crippen molar-refractivity contribution in [2.24, 2.45) is 17.6 Å². The van der Waals surface area contributed by atoms with Crippen LogP contribution in [0.4, 0.5) is 0 Å². The lowest BCUT2D eigenvalue weighted by atomic mass is 9.93. The van der Waals surface area contributed by atoms with E-state index in [0.29, 0.717) is 19.0 Å². The molecule has 1 saturated heterocycles. The van der Waals surface area contributed by atoms with Crippen LogP contribution in [0.3, 0.4) is 0 Å². The maximum Gasteiger partial charge on any atom is 0.214 e. The minimum atomic E-state index is -3.12. The Bertz CT molecular complexity index is 314. The van der Waals surface area contributed by atoms with Crippen LogP contribution in [0.5, 0.6) is 0 Å². The van der Waals surface area contributed by atoms with Gasteiger partial charge in [-0.3, -0.25) is 0 Å². The summed E-state index contributed by atoms with van der Waals surface area (Å²) in [6, 6.07) is -0.00231. The van der Waals surface area contributed by atoms with Crippen molar-refractivity contribution in [3.05, 3.63) is 0 Å². The number of hydrogen-bond acceptors (Lipinski definition) is 3. The van der Waals surface area contributed by atoms with Crippen LogP contribution >= 0.6 is 0 Å². The van der Waals surface area contributed by atoms with Crippen LogP contribution in [0.15, 0.2) is 0 Å². The van der Waals surface area contributed by atoms with E-state index in [1.165, 1.54) is 0 Å². The summed E-state index contributed by atoms with van der Waals surface area (Å²) in [4.78, 5) is 0. The SMILES string of the molecule is CC(C)CS(=O)(=O)N1CCCC(C)C1CN. The first-order valence-corrected chi connectivity index (χ1v) is 7.69. The summed E-state index contributed by atoms with van der Waals surface area (Å²) in [5, 5.41) is 0. The molecule has 16 heavy (non-hydrogen) atoms. The van der Waals surface area contributed by atoms with Crippen molar-refractivity contribution < 1.29 is 8.42 Å². The molecule has 0 radical (unpaired) electrons. The minimum Gasteiger partial charge on any atom is -0.329 e. The van der Waals surface area contributed by atoms with Gasteiger partial charge in [0.15, 0.2) is 0 Å². The first-order chi connectivity index (χ1) is 7.38. The monoisotopic (exact) mass is 248 g/mol. The third-order valence-corrected chi connectivity index (χ3v) is 5.46. The molecule has 2 N–H and O–H groups in total. The van der Waals surface area contributed by atoms with Gasteiger partial charge < -0.3 is 5.73 Å². The van der Waals surface area contributed by atoms with Gasteiger partial charge in [0.25, 0.3) is 0 Å². The molecule has 2 unspecified atom stereocenters. The zero-order valence-electron chi connectivity index (χ0n) is 10.5. The van der Waals surface area contributed by atoms with E-state index in [4.69, 9.17) is 5.73 Å². The fourth-order valence-corrected chi connectivity index (χ4v) is 4.57. The second-order valence-electron chi connectivity index (χ2n) is 5.21. The highest BCUT2D eigenvalue weighted by atomic mass is 32.2. The first-order valence-electron chi connectivity index (χ1n) is 6.08. The number of hydrogen-bond donors (Lipinski definition) is 1. The second kappa shape index (κ2) is 5.47. The molecule has 1 fully saturated rings. The number of rotatable bonds is 4. The normalized spacial score (nSPS) is 28.6. The molecule has 0 aliphatic carbocycles. The van der Waals surface area contributed by atoms with E-state index in [9.17, 15) is 8.42 Å². The Labute approximate surface area is 99.2 Å². The van der Waals surface area contributed by atoms with Crippen molar-refractivity contribution in [2.45, 2.75) is 39.7 Å². The van der Waals surface area contributed by atoms with E-state index >= 15 is 0 Å². The number of piperidine rings is 1. The lowest BCUT2D eigenvalue weighted by molar-refractivity contribution is 0.192. The Kier molecular flexibility index (Phi) is 4.76. The van der Waals surface area contributed by atoms with Gasteiger partial charge in [0.1, 0.15) is 0 Å². The molecule has 1 rings (SSSR count). The van der Waals surface area contributed by atoms with Gasteiger partial charge in [-0.2, -0.15) is 4.31 Å². The van der Waals surface area contributed by atoms with Crippen LogP contribution < -0.4 is 5.73 Å². The molecule has 1 aliphatic rings. The third-order valence-electron chi connectivity index (χ3n) is 3.21. The average Bonchev–Trinajstić information content (AvgIpc) is 2.15. The summed E-state index contributed by atoms with van der Waals surface area (Å²) in [7, 11) is -3.12. The van der Waals surface area contributed by atoms with Gasteiger partial charge >= 0.3 is 0 Å². The Morgan fingerprint density at radius 3 is 2.56 bits per heavy atom. The number of nitrogens with zero attached hydrogens (tertiary/aromatic N) is 1. The number of nitrogens with two attached hydrogens (primary N) is 1. The molecule has 96 valence electrons. The minimum absolute atomic E-state index is 0.00231. The highest BCUT2D eigenvalue weighted by Crippen LogP contribution is 2.26. The molecule has 4 nitrogen and oxygen atoms in total. The first kappa shape index (κ1) is 13.9. The standard InChI is InChI=1S/C11H24N2O2S/c1-9(2)8-16(14,15)13-6-4-5-10(3)11(13)7-12/h9-11H,4-8,12H2,1-3H3. The summed E-state index contributed by atoms with van der Waals surface area (Å²) < 4.78 is 26.0.